The summed E-state index contributed by atoms with van der Waals surface area (Å²) in [5.41, 5.74) is 2.43. The first-order valence-corrected chi connectivity index (χ1v) is 6.60. The van der Waals surface area contributed by atoms with Crippen LogP contribution in [0.5, 0.6) is 0 Å². The van der Waals surface area contributed by atoms with Crippen LogP contribution in [0.15, 0.2) is 23.7 Å². The number of nitrogens with zero attached hydrogens (tertiary/aromatic N) is 2. The van der Waals surface area contributed by atoms with Crippen LogP contribution in [-0.2, 0) is 0 Å². The van der Waals surface area contributed by atoms with Gasteiger partial charge in [0.2, 0.25) is 0 Å². The van der Waals surface area contributed by atoms with Crippen molar-refractivity contribution in [3.05, 3.63) is 45.7 Å². The molecule has 0 aromatic carbocycles. The Morgan fingerprint density at radius 3 is 2.72 bits per heavy atom. The van der Waals surface area contributed by atoms with E-state index in [0.29, 0.717) is 5.69 Å². The molecule has 2 aromatic rings. The summed E-state index contributed by atoms with van der Waals surface area (Å²) in [6, 6.07) is 3.83. The third-order valence-corrected chi connectivity index (χ3v) is 3.41. The van der Waals surface area contributed by atoms with Gasteiger partial charge in [0.15, 0.2) is 0 Å². The molecule has 18 heavy (non-hydrogen) atoms. The number of aromatic nitrogens is 2. The lowest BCUT2D eigenvalue weighted by Gasteiger charge is -2.13. The van der Waals surface area contributed by atoms with E-state index in [1.54, 1.807) is 11.6 Å². The molecule has 2 heterocycles. The van der Waals surface area contributed by atoms with Gasteiger partial charge in [0.25, 0.3) is 5.91 Å². The largest absolute Gasteiger partial charge is 0.344 e. The molecule has 2 rings (SSSR count). The number of aryl methyl sites for hydroxylation is 2. The Balaban J connectivity index is 2.05. The van der Waals surface area contributed by atoms with Gasteiger partial charge in [-0.1, -0.05) is 6.07 Å². The molecule has 2 aromatic heterocycles. The summed E-state index contributed by atoms with van der Waals surface area (Å²) in [4.78, 5) is 20.3. The number of rotatable bonds is 3. The van der Waals surface area contributed by atoms with Crippen LogP contribution in [0.3, 0.4) is 0 Å². The van der Waals surface area contributed by atoms with Crippen LogP contribution < -0.4 is 5.32 Å². The topological polar surface area (TPSA) is 54.9 Å². The quantitative estimate of drug-likeness (QED) is 0.924. The molecule has 1 atom stereocenters. The molecule has 4 nitrogen and oxygen atoms in total. The summed E-state index contributed by atoms with van der Waals surface area (Å²) in [7, 11) is 0. The molecule has 1 N–H and O–H groups in total. The normalized spacial score (nSPS) is 12.2. The molecule has 0 radical (unpaired) electrons. The van der Waals surface area contributed by atoms with Gasteiger partial charge in [0.1, 0.15) is 5.69 Å². The highest BCUT2D eigenvalue weighted by Crippen LogP contribution is 2.13. The average Bonchev–Trinajstić information content (AvgIpc) is 2.76. The van der Waals surface area contributed by atoms with Crippen molar-refractivity contribution in [3.8, 4) is 0 Å². The number of hydrogen-bond donors (Lipinski definition) is 1. The Morgan fingerprint density at radius 2 is 2.17 bits per heavy atom. The first kappa shape index (κ1) is 12.7. The smallest absolute Gasteiger partial charge is 0.271 e. The first-order chi connectivity index (χ1) is 8.56. The molecule has 0 aliphatic carbocycles. The zero-order chi connectivity index (χ0) is 13.1. The van der Waals surface area contributed by atoms with Crippen molar-refractivity contribution in [1.29, 1.82) is 0 Å². The number of nitrogens with one attached hydrogen (secondary N) is 1. The first-order valence-electron chi connectivity index (χ1n) is 5.72. The van der Waals surface area contributed by atoms with Crippen LogP contribution in [0.1, 0.15) is 39.7 Å². The van der Waals surface area contributed by atoms with E-state index in [0.717, 1.165) is 16.3 Å². The highest BCUT2D eigenvalue weighted by Gasteiger charge is 2.13. The number of hydrogen-bond acceptors (Lipinski definition) is 4. The summed E-state index contributed by atoms with van der Waals surface area (Å²) >= 11 is 1.47. The van der Waals surface area contributed by atoms with Crippen LogP contribution >= 0.6 is 11.3 Å². The monoisotopic (exact) mass is 261 g/mol. The van der Waals surface area contributed by atoms with Gasteiger partial charge < -0.3 is 5.32 Å². The third-order valence-electron chi connectivity index (χ3n) is 2.63. The zero-order valence-electron chi connectivity index (χ0n) is 10.6. The predicted octanol–water partition coefficient (Wildman–Crippen LogP) is 2.65. The van der Waals surface area contributed by atoms with Crippen molar-refractivity contribution in [2.24, 2.45) is 0 Å². The average molecular weight is 261 g/mol. The standard InChI is InChI=1S/C13H15N3OS/c1-8-4-5-11(6-14-8)9(2)15-13(17)12-7-18-10(3)16-12/h4-7,9H,1-3H3,(H,15,17). The summed E-state index contributed by atoms with van der Waals surface area (Å²) in [5.74, 6) is -0.146. The SMILES string of the molecule is Cc1ccc(C(C)NC(=O)c2csc(C)n2)cn1. The van der Waals surface area contributed by atoms with Gasteiger partial charge >= 0.3 is 0 Å². The van der Waals surface area contributed by atoms with Gasteiger partial charge in [-0.05, 0) is 32.4 Å². The summed E-state index contributed by atoms with van der Waals surface area (Å²) in [6.45, 7) is 5.75. The van der Waals surface area contributed by atoms with Crippen molar-refractivity contribution < 1.29 is 4.79 Å². The molecule has 0 spiro atoms. The molecule has 0 aliphatic heterocycles. The van der Waals surface area contributed by atoms with Crippen molar-refractivity contribution in [2.75, 3.05) is 0 Å². The predicted molar refractivity (Wildman–Crippen MR) is 71.7 cm³/mol. The highest BCUT2D eigenvalue weighted by molar-refractivity contribution is 7.09. The third kappa shape index (κ3) is 2.92. The fourth-order valence-electron chi connectivity index (χ4n) is 1.56. The Hall–Kier alpha value is -1.75. The summed E-state index contributed by atoms with van der Waals surface area (Å²) in [5, 5.41) is 5.57. The van der Waals surface area contributed by atoms with E-state index < -0.39 is 0 Å². The van der Waals surface area contributed by atoms with E-state index in [2.05, 4.69) is 15.3 Å². The molecular formula is C13H15N3OS. The van der Waals surface area contributed by atoms with Crippen LogP contribution in [0, 0.1) is 13.8 Å². The Kier molecular flexibility index (Phi) is 3.72. The molecule has 0 fully saturated rings. The fourth-order valence-corrected chi connectivity index (χ4v) is 2.15. The second kappa shape index (κ2) is 5.27. The Morgan fingerprint density at radius 1 is 1.39 bits per heavy atom. The minimum atomic E-state index is -0.146. The van der Waals surface area contributed by atoms with Gasteiger partial charge in [-0.25, -0.2) is 4.98 Å². The molecular weight excluding hydrogens is 246 g/mol. The second-order valence-corrected chi connectivity index (χ2v) is 5.24. The summed E-state index contributed by atoms with van der Waals surface area (Å²) < 4.78 is 0. The van der Waals surface area contributed by atoms with Crippen LogP contribution in [0.25, 0.3) is 0 Å². The molecule has 0 aliphatic rings. The van der Waals surface area contributed by atoms with E-state index in [9.17, 15) is 4.79 Å². The molecule has 1 amide bonds. The lowest BCUT2D eigenvalue weighted by molar-refractivity contribution is 0.0935. The lowest BCUT2D eigenvalue weighted by atomic mass is 10.1. The van der Waals surface area contributed by atoms with E-state index in [1.165, 1.54) is 11.3 Å². The summed E-state index contributed by atoms with van der Waals surface area (Å²) in [6.07, 6.45) is 1.78. The van der Waals surface area contributed by atoms with Crippen molar-refractivity contribution in [2.45, 2.75) is 26.8 Å². The molecule has 94 valence electrons. The van der Waals surface area contributed by atoms with Crippen molar-refractivity contribution in [1.82, 2.24) is 15.3 Å². The van der Waals surface area contributed by atoms with Crippen molar-refractivity contribution >= 4 is 17.2 Å². The Bertz CT molecular complexity index is 548. The molecule has 0 saturated heterocycles. The van der Waals surface area contributed by atoms with Gasteiger partial charge in [0.05, 0.1) is 11.0 Å². The molecule has 0 bridgehead atoms. The molecule has 0 saturated carbocycles. The maximum absolute atomic E-state index is 11.9. The van der Waals surface area contributed by atoms with E-state index >= 15 is 0 Å². The lowest BCUT2D eigenvalue weighted by Crippen LogP contribution is -2.27. The van der Waals surface area contributed by atoms with Crippen LogP contribution in [-0.4, -0.2) is 15.9 Å². The van der Waals surface area contributed by atoms with E-state index in [1.807, 2.05) is 32.9 Å². The minimum absolute atomic E-state index is 0.0763. The maximum Gasteiger partial charge on any atom is 0.271 e. The van der Waals surface area contributed by atoms with Gasteiger partial charge in [-0.3, -0.25) is 9.78 Å². The number of pyridine rings is 1. The number of thiazole rings is 1. The minimum Gasteiger partial charge on any atom is -0.344 e. The van der Waals surface area contributed by atoms with Crippen molar-refractivity contribution in [3.63, 3.8) is 0 Å². The molecule has 1 unspecified atom stereocenters. The van der Waals surface area contributed by atoms with Crippen LogP contribution in [0.4, 0.5) is 0 Å². The Labute approximate surface area is 110 Å². The number of amides is 1. The molecule has 5 heteroatoms. The fraction of sp³-hybridized carbons (Fsp3) is 0.308. The van der Waals surface area contributed by atoms with E-state index in [-0.39, 0.29) is 11.9 Å². The van der Waals surface area contributed by atoms with Gasteiger partial charge in [-0.2, -0.15) is 0 Å². The maximum atomic E-state index is 11.9. The number of carbonyl (C=O) groups excluding carboxylic acids is 1. The van der Waals surface area contributed by atoms with E-state index in [4.69, 9.17) is 0 Å². The second-order valence-electron chi connectivity index (χ2n) is 4.18. The van der Waals surface area contributed by atoms with Gasteiger partial charge in [0, 0.05) is 17.3 Å². The van der Waals surface area contributed by atoms with Gasteiger partial charge in [-0.15, -0.1) is 11.3 Å². The highest BCUT2D eigenvalue weighted by atomic mass is 32.1. The number of carbonyl (C=O) groups is 1. The zero-order valence-corrected chi connectivity index (χ0v) is 11.4. The van der Waals surface area contributed by atoms with Crippen LogP contribution in [0.2, 0.25) is 0 Å².